The van der Waals surface area contributed by atoms with Crippen molar-refractivity contribution >= 4 is 45.7 Å². The Morgan fingerprint density at radius 2 is 2.05 bits per heavy atom. The van der Waals surface area contributed by atoms with Crippen LogP contribution in [-0.4, -0.2) is 24.9 Å². The lowest BCUT2D eigenvalue weighted by Crippen LogP contribution is -2.11. The number of carbonyl (C=O) groups is 1. The Morgan fingerprint density at radius 3 is 2.76 bits per heavy atom. The van der Waals surface area contributed by atoms with E-state index in [2.05, 4.69) is 24.3 Å². The Bertz CT molecular complexity index is 741. The molecule has 1 N–H and O–H groups in total. The van der Waals surface area contributed by atoms with Crippen molar-refractivity contribution < 1.29 is 4.79 Å². The Balaban J connectivity index is 1.66. The van der Waals surface area contributed by atoms with E-state index in [4.69, 9.17) is 11.6 Å². The van der Waals surface area contributed by atoms with Gasteiger partial charge < -0.3 is 0 Å². The normalized spacial score (nSPS) is 10.5. The topological polar surface area (TPSA) is 80.7 Å². The van der Waals surface area contributed by atoms with Crippen molar-refractivity contribution in [3.05, 3.63) is 51.7 Å². The largest absolute Gasteiger partial charge is 0.295 e. The number of benzene rings is 1. The van der Waals surface area contributed by atoms with E-state index in [1.165, 1.54) is 17.5 Å². The zero-order chi connectivity index (χ0) is 14.7. The van der Waals surface area contributed by atoms with Crippen LogP contribution < -0.4 is 5.32 Å². The average Bonchev–Trinajstić information content (AvgIpc) is 3.13. The highest BCUT2D eigenvalue weighted by Crippen LogP contribution is 2.20. The van der Waals surface area contributed by atoms with Gasteiger partial charge in [0.2, 0.25) is 5.13 Å². The summed E-state index contributed by atoms with van der Waals surface area (Å²) in [5, 5.41) is 12.6. The summed E-state index contributed by atoms with van der Waals surface area (Å²) in [6.07, 6.45) is 2.05. The molecule has 0 unspecified atom stereocenters. The highest BCUT2D eigenvalue weighted by atomic mass is 35.5. The molecule has 106 valence electrons. The Morgan fingerprint density at radius 1 is 1.24 bits per heavy atom. The van der Waals surface area contributed by atoms with Gasteiger partial charge >= 0.3 is 0 Å². The minimum Gasteiger partial charge on any atom is -0.295 e. The highest BCUT2D eigenvalue weighted by Gasteiger charge is 2.12. The van der Waals surface area contributed by atoms with Gasteiger partial charge in [0, 0.05) is 11.4 Å². The van der Waals surface area contributed by atoms with E-state index in [1.807, 2.05) is 24.3 Å². The maximum absolute atomic E-state index is 11.8. The standard InChI is InChI=1S/C12H8ClN5OS2/c13-8-3-1-7(2-4-8)5-10-16-17-12(20-10)15-11(19)9-6-14-21-18-9/h1-4,6H,5H2,(H,15,17,19). The molecule has 0 atom stereocenters. The van der Waals surface area contributed by atoms with Gasteiger partial charge in [-0.3, -0.25) is 10.1 Å². The molecule has 2 aromatic heterocycles. The van der Waals surface area contributed by atoms with Crippen molar-refractivity contribution in [1.29, 1.82) is 0 Å². The van der Waals surface area contributed by atoms with Crippen LogP contribution >= 0.6 is 34.7 Å². The first kappa shape index (κ1) is 14.1. The quantitative estimate of drug-likeness (QED) is 0.791. The molecule has 0 aliphatic rings. The molecular weight excluding hydrogens is 330 g/mol. The molecule has 0 saturated heterocycles. The lowest BCUT2D eigenvalue weighted by Gasteiger charge is -1.97. The van der Waals surface area contributed by atoms with Gasteiger partial charge in [0.05, 0.1) is 17.9 Å². The number of nitrogens with zero attached hydrogens (tertiary/aromatic N) is 4. The molecule has 0 fully saturated rings. The summed E-state index contributed by atoms with van der Waals surface area (Å²) in [4.78, 5) is 11.8. The number of hydrogen-bond acceptors (Lipinski definition) is 7. The third kappa shape index (κ3) is 3.60. The average molecular weight is 338 g/mol. The molecule has 21 heavy (non-hydrogen) atoms. The first-order chi connectivity index (χ1) is 10.2. The first-order valence-electron chi connectivity index (χ1n) is 5.86. The third-order valence-corrected chi connectivity index (χ3v) is 4.12. The summed E-state index contributed by atoms with van der Waals surface area (Å²) in [6.45, 7) is 0. The molecule has 0 aliphatic carbocycles. The molecule has 6 nitrogen and oxygen atoms in total. The van der Waals surface area contributed by atoms with E-state index in [0.717, 1.165) is 22.3 Å². The number of amides is 1. The summed E-state index contributed by atoms with van der Waals surface area (Å²) in [5.74, 6) is -0.335. The van der Waals surface area contributed by atoms with Crippen LogP contribution in [0.4, 0.5) is 5.13 Å². The SMILES string of the molecule is O=C(Nc1nnc(Cc2ccc(Cl)cc2)s1)c1cnsn1. The van der Waals surface area contributed by atoms with Gasteiger partial charge in [-0.2, -0.15) is 8.75 Å². The van der Waals surface area contributed by atoms with Gasteiger partial charge in [0.1, 0.15) is 5.01 Å². The smallest absolute Gasteiger partial charge is 0.278 e. The van der Waals surface area contributed by atoms with Crippen molar-refractivity contribution in [2.45, 2.75) is 6.42 Å². The summed E-state index contributed by atoms with van der Waals surface area (Å²) < 4.78 is 7.64. The number of anilines is 1. The van der Waals surface area contributed by atoms with Crippen molar-refractivity contribution in [2.24, 2.45) is 0 Å². The molecule has 2 heterocycles. The number of hydrogen-bond donors (Lipinski definition) is 1. The van der Waals surface area contributed by atoms with Gasteiger partial charge in [0.15, 0.2) is 5.69 Å². The molecule has 0 saturated carbocycles. The van der Waals surface area contributed by atoms with Crippen LogP contribution in [0.25, 0.3) is 0 Å². The van der Waals surface area contributed by atoms with Gasteiger partial charge in [-0.05, 0) is 17.7 Å². The number of carbonyl (C=O) groups excluding carboxylic acids is 1. The maximum Gasteiger partial charge on any atom is 0.278 e. The van der Waals surface area contributed by atoms with Crippen LogP contribution in [0.5, 0.6) is 0 Å². The second-order valence-electron chi connectivity index (χ2n) is 4.05. The number of aromatic nitrogens is 4. The maximum atomic E-state index is 11.8. The Hall–Kier alpha value is -1.90. The Labute approximate surface area is 133 Å². The van der Waals surface area contributed by atoms with Crippen LogP contribution in [0.1, 0.15) is 21.1 Å². The molecule has 0 aliphatic heterocycles. The minimum absolute atomic E-state index is 0.273. The highest BCUT2D eigenvalue weighted by molar-refractivity contribution is 7.15. The van der Waals surface area contributed by atoms with Gasteiger partial charge in [-0.1, -0.05) is 35.1 Å². The predicted molar refractivity (Wildman–Crippen MR) is 82.0 cm³/mol. The summed E-state index contributed by atoms with van der Waals surface area (Å²) >= 11 is 8.15. The third-order valence-electron chi connectivity index (χ3n) is 2.55. The van der Waals surface area contributed by atoms with E-state index in [-0.39, 0.29) is 11.6 Å². The molecule has 0 radical (unpaired) electrons. The predicted octanol–water partition coefficient (Wildman–Crippen LogP) is 2.89. The lowest BCUT2D eigenvalue weighted by molar-refractivity contribution is 0.102. The molecule has 1 amide bonds. The fourth-order valence-electron chi connectivity index (χ4n) is 1.58. The molecule has 3 rings (SSSR count). The summed E-state index contributed by atoms with van der Waals surface area (Å²) in [5.41, 5.74) is 1.35. The second-order valence-corrected chi connectivity index (χ2v) is 6.11. The molecule has 9 heteroatoms. The Kier molecular flexibility index (Phi) is 4.18. The van der Waals surface area contributed by atoms with Gasteiger partial charge in [-0.25, -0.2) is 0 Å². The fraction of sp³-hybridized carbons (Fsp3) is 0.0833. The van der Waals surface area contributed by atoms with Crippen LogP contribution in [0.3, 0.4) is 0 Å². The monoisotopic (exact) mass is 337 g/mol. The van der Waals surface area contributed by atoms with Crippen molar-refractivity contribution in [2.75, 3.05) is 5.32 Å². The second kappa shape index (κ2) is 6.25. The molecule has 0 bridgehead atoms. The van der Waals surface area contributed by atoms with Crippen molar-refractivity contribution in [1.82, 2.24) is 18.9 Å². The molecular formula is C12H8ClN5OS2. The van der Waals surface area contributed by atoms with E-state index >= 15 is 0 Å². The van der Waals surface area contributed by atoms with Crippen LogP contribution in [0, 0.1) is 0 Å². The fourth-order valence-corrected chi connectivity index (χ4v) is 2.89. The number of rotatable bonds is 4. The van der Waals surface area contributed by atoms with Crippen molar-refractivity contribution in [3.63, 3.8) is 0 Å². The van der Waals surface area contributed by atoms with E-state index in [1.54, 1.807) is 0 Å². The zero-order valence-corrected chi connectivity index (χ0v) is 12.9. The first-order valence-corrected chi connectivity index (χ1v) is 7.79. The molecule has 0 spiro atoms. The molecule has 1 aromatic carbocycles. The van der Waals surface area contributed by atoms with Crippen LogP contribution in [0.2, 0.25) is 5.02 Å². The van der Waals surface area contributed by atoms with E-state index in [0.29, 0.717) is 16.6 Å². The van der Waals surface area contributed by atoms with E-state index < -0.39 is 0 Å². The van der Waals surface area contributed by atoms with Crippen molar-refractivity contribution in [3.8, 4) is 0 Å². The van der Waals surface area contributed by atoms with E-state index in [9.17, 15) is 4.79 Å². The zero-order valence-electron chi connectivity index (χ0n) is 10.5. The number of nitrogens with one attached hydrogen (secondary N) is 1. The number of halogens is 1. The van der Waals surface area contributed by atoms with Gasteiger partial charge in [0.25, 0.3) is 5.91 Å². The minimum atomic E-state index is -0.335. The van der Waals surface area contributed by atoms with Crippen LogP contribution in [-0.2, 0) is 6.42 Å². The summed E-state index contributed by atoms with van der Waals surface area (Å²) in [6, 6.07) is 7.53. The van der Waals surface area contributed by atoms with Gasteiger partial charge in [-0.15, -0.1) is 10.2 Å². The lowest BCUT2D eigenvalue weighted by atomic mass is 10.2. The van der Waals surface area contributed by atoms with Crippen LogP contribution in [0.15, 0.2) is 30.5 Å². The summed E-state index contributed by atoms with van der Waals surface area (Å²) in [7, 11) is 0. The molecule has 3 aromatic rings.